The number of methoxy groups -OCH3 is 1. The highest BCUT2D eigenvalue weighted by atomic mass is 35.5. The van der Waals surface area contributed by atoms with E-state index in [4.69, 9.17) is 16.3 Å². The molecule has 0 spiro atoms. The Morgan fingerprint density at radius 2 is 1.93 bits per heavy atom. The third-order valence-electron chi connectivity index (χ3n) is 3.26. The van der Waals surface area contributed by atoms with E-state index in [0.717, 1.165) is 0 Å². The van der Waals surface area contributed by atoms with Gasteiger partial charge in [-0.3, -0.25) is 19.7 Å². The Kier molecular flexibility index (Phi) is 6.84. The van der Waals surface area contributed by atoms with Crippen LogP contribution < -0.4 is 15.5 Å². The van der Waals surface area contributed by atoms with E-state index in [1.54, 1.807) is 24.3 Å². The molecule has 2 rings (SSSR count). The van der Waals surface area contributed by atoms with Gasteiger partial charge >= 0.3 is 0 Å². The van der Waals surface area contributed by atoms with Gasteiger partial charge in [0.2, 0.25) is 11.8 Å². The average Bonchev–Trinajstić information content (AvgIpc) is 2.63. The zero-order valence-electron chi connectivity index (χ0n) is 14.1. The van der Waals surface area contributed by atoms with E-state index in [2.05, 4.69) is 15.8 Å². The fourth-order valence-electron chi connectivity index (χ4n) is 1.99. The molecule has 0 aliphatic rings. The van der Waals surface area contributed by atoms with E-state index in [0.29, 0.717) is 17.0 Å². The molecule has 2 aromatic rings. The summed E-state index contributed by atoms with van der Waals surface area (Å²) in [6.07, 6.45) is 0.771. The van der Waals surface area contributed by atoms with E-state index in [9.17, 15) is 19.7 Å². The molecule has 0 aromatic heterocycles. The van der Waals surface area contributed by atoms with Gasteiger partial charge in [0.1, 0.15) is 17.2 Å². The summed E-state index contributed by atoms with van der Waals surface area (Å²) < 4.78 is 5.01. The molecule has 0 radical (unpaired) electrons. The van der Waals surface area contributed by atoms with Crippen molar-refractivity contribution in [2.45, 2.75) is 6.42 Å². The van der Waals surface area contributed by atoms with Crippen LogP contribution in [0.25, 0.3) is 0 Å². The molecule has 0 aliphatic carbocycles. The fourth-order valence-corrected chi connectivity index (χ4v) is 2.18. The molecule has 0 fully saturated rings. The molecular weight excluding hydrogens is 376 g/mol. The van der Waals surface area contributed by atoms with Crippen molar-refractivity contribution in [2.75, 3.05) is 12.4 Å². The zero-order valence-corrected chi connectivity index (χ0v) is 14.9. The van der Waals surface area contributed by atoms with Crippen molar-refractivity contribution < 1.29 is 19.2 Å². The predicted octanol–water partition coefficient (Wildman–Crippen LogP) is 2.74. The third-order valence-corrected chi connectivity index (χ3v) is 3.58. The number of nitrogens with one attached hydrogen (secondary N) is 2. The Labute approximate surface area is 159 Å². The van der Waals surface area contributed by atoms with Crippen LogP contribution >= 0.6 is 11.6 Å². The molecule has 0 bridgehead atoms. The topological polar surface area (TPSA) is 123 Å². The van der Waals surface area contributed by atoms with Crippen molar-refractivity contribution in [3.63, 3.8) is 0 Å². The molecule has 0 heterocycles. The monoisotopic (exact) mass is 390 g/mol. The molecule has 0 unspecified atom stereocenters. The van der Waals surface area contributed by atoms with Crippen molar-refractivity contribution >= 4 is 41.0 Å². The van der Waals surface area contributed by atoms with Crippen LogP contribution in [0.15, 0.2) is 47.6 Å². The maximum Gasteiger partial charge on any atom is 0.288 e. The molecule has 0 atom stereocenters. The van der Waals surface area contributed by atoms with Gasteiger partial charge in [0.25, 0.3) is 5.69 Å². The largest absolute Gasteiger partial charge is 0.497 e. The standard InChI is InChI=1S/C17H15ClN4O5/c1-27-13-5-3-12(4-6-13)20-16(23)9-17(24)21-19-10-11-2-7-14(18)15(8-11)22(25)26/h2-8,10H,9H2,1H3,(H,20,23)(H,21,24). The number of rotatable bonds is 7. The predicted molar refractivity (Wildman–Crippen MR) is 100 cm³/mol. The first-order valence-electron chi connectivity index (χ1n) is 7.59. The van der Waals surface area contributed by atoms with Gasteiger partial charge < -0.3 is 10.1 Å². The van der Waals surface area contributed by atoms with Gasteiger partial charge in [-0.15, -0.1) is 0 Å². The Balaban J connectivity index is 1.86. The summed E-state index contributed by atoms with van der Waals surface area (Å²) in [4.78, 5) is 33.7. The van der Waals surface area contributed by atoms with Gasteiger partial charge in [-0.1, -0.05) is 17.7 Å². The van der Waals surface area contributed by atoms with Gasteiger partial charge in [0.15, 0.2) is 0 Å². The highest BCUT2D eigenvalue weighted by Gasteiger charge is 2.12. The number of amides is 2. The Hall–Kier alpha value is -3.46. The number of hydrogen-bond donors (Lipinski definition) is 2. The Bertz CT molecular complexity index is 883. The minimum atomic E-state index is -0.638. The molecule has 2 amide bonds. The van der Waals surface area contributed by atoms with Gasteiger partial charge in [0, 0.05) is 17.3 Å². The number of carbonyl (C=O) groups is 2. The lowest BCUT2D eigenvalue weighted by Gasteiger charge is -2.05. The maximum absolute atomic E-state index is 11.8. The van der Waals surface area contributed by atoms with Crippen molar-refractivity contribution in [2.24, 2.45) is 5.10 Å². The second-order valence-corrected chi connectivity index (χ2v) is 5.62. The second kappa shape index (κ2) is 9.30. The quantitative estimate of drug-likeness (QED) is 0.325. The first-order chi connectivity index (χ1) is 12.9. The lowest BCUT2D eigenvalue weighted by atomic mass is 10.2. The summed E-state index contributed by atoms with van der Waals surface area (Å²) in [5, 5.41) is 17.0. The highest BCUT2D eigenvalue weighted by Crippen LogP contribution is 2.24. The minimum Gasteiger partial charge on any atom is -0.497 e. The van der Waals surface area contributed by atoms with Gasteiger partial charge in [0.05, 0.1) is 18.2 Å². The molecule has 0 saturated carbocycles. The van der Waals surface area contributed by atoms with Crippen LogP contribution in [0.5, 0.6) is 5.75 Å². The summed E-state index contributed by atoms with van der Waals surface area (Å²) in [6.45, 7) is 0. The zero-order chi connectivity index (χ0) is 19.8. The van der Waals surface area contributed by atoms with E-state index in [-0.39, 0.29) is 10.7 Å². The number of halogens is 1. The number of nitro groups is 1. The molecule has 10 heteroatoms. The highest BCUT2D eigenvalue weighted by molar-refractivity contribution is 6.32. The van der Waals surface area contributed by atoms with Crippen molar-refractivity contribution in [1.29, 1.82) is 0 Å². The van der Waals surface area contributed by atoms with Gasteiger partial charge in [-0.05, 0) is 30.3 Å². The molecule has 0 aliphatic heterocycles. The first-order valence-corrected chi connectivity index (χ1v) is 7.96. The van der Waals surface area contributed by atoms with Crippen LogP contribution in [-0.2, 0) is 9.59 Å². The van der Waals surface area contributed by atoms with Crippen molar-refractivity contribution in [3.05, 3.63) is 63.2 Å². The summed E-state index contributed by atoms with van der Waals surface area (Å²) in [6, 6.07) is 10.7. The van der Waals surface area contributed by atoms with Crippen LogP contribution in [0.3, 0.4) is 0 Å². The second-order valence-electron chi connectivity index (χ2n) is 5.21. The van der Waals surface area contributed by atoms with Crippen LogP contribution in [-0.4, -0.2) is 30.1 Å². The van der Waals surface area contributed by atoms with Gasteiger partial charge in [-0.25, -0.2) is 5.43 Å². The van der Waals surface area contributed by atoms with E-state index in [1.807, 2.05) is 0 Å². The van der Waals surface area contributed by atoms with Crippen LogP contribution in [0.1, 0.15) is 12.0 Å². The number of hydrazone groups is 1. The molecule has 140 valence electrons. The fraction of sp³-hybridized carbons (Fsp3) is 0.118. The number of nitro benzene ring substituents is 1. The number of carbonyl (C=O) groups excluding carboxylic acids is 2. The van der Waals surface area contributed by atoms with Crippen molar-refractivity contribution in [3.8, 4) is 5.75 Å². The van der Waals surface area contributed by atoms with Crippen LogP contribution in [0.4, 0.5) is 11.4 Å². The van der Waals surface area contributed by atoms with Gasteiger partial charge in [-0.2, -0.15) is 5.10 Å². The molecule has 9 nitrogen and oxygen atoms in total. The summed E-state index contributed by atoms with van der Waals surface area (Å²) in [7, 11) is 1.53. The normalized spacial score (nSPS) is 10.4. The lowest BCUT2D eigenvalue weighted by molar-refractivity contribution is -0.384. The minimum absolute atomic E-state index is 0.00334. The Morgan fingerprint density at radius 3 is 2.56 bits per heavy atom. The summed E-state index contributed by atoms with van der Waals surface area (Å²) >= 11 is 5.71. The van der Waals surface area contributed by atoms with E-state index >= 15 is 0 Å². The number of ether oxygens (including phenoxy) is 1. The van der Waals surface area contributed by atoms with E-state index in [1.165, 1.54) is 31.5 Å². The van der Waals surface area contributed by atoms with Crippen LogP contribution in [0.2, 0.25) is 5.02 Å². The SMILES string of the molecule is COc1ccc(NC(=O)CC(=O)NN=Cc2ccc(Cl)c([N+](=O)[O-])c2)cc1. The number of benzene rings is 2. The molecule has 2 aromatic carbocycles. The smallest absolute Gasteiger partial charge is 0.288 e. The molecule has 2 N–H and O–H groups in total. The average molecular weight is 391 g/mol. The third kappa shape index (κ3) is 6.08. The number of anilines is 1. The molecular formula is C17H15ClN4O5. The van der Waals surface area contributed by atoms with E-state index < -0.39 is 23.2 Å². The van der Waals surface area contributed by atoms with Crippen molar-refractivity contribution in [1.82, 2.24) is 5.43 Å². The molecule has 0 saturated heterocycles. The maximum atomic E-state index is 11.8. The molecule has 27 heavy (non-hydrogen) atoms. The summed E-state index contributed by atoms with van der Waals surface area (Å²) in [5.74, 6) is -0.516. The first kappa shape index (κ1) is 19.9. The Morgan fingerprint density at radius 1 is 1.22 bits per heavy atom. The number of nitrogens with zero attached hydrogens (tertiary/aromatic N) is 2. The number of hydrogen-bond acceptors (Lipinski definition) is 6. The lowest BCUT2D eigenvalue weighted by Crippen LogP contribution is -2.24. The summed E-state index contributed by atoms with van der Waals surface area (Å²) in [5.41, 5.74) is 2.79. The van der Waals surface area contributed by atoms with Crippen LogP contribution in [0, 0.1) is 10.1 Å².